The third-order valence-corrected chi connectivity index (χ3v) is 4.04. The molecule has 2 amide bonds. The largest absolute Gasteiger partial charge is 0.465 e. The summed E-state index contributed by atoms with van der Waals surface area (Å²) in [6, 6.07) is 6.79. The summed E-state index contributed by atoms with van der Waals surface area (Å²) >= 11 is 3.42. The zero-order chi connectivity index (χ0) is 16.9. The highest BCUT2D eigenvalue weighted by molar-refractivity contribution is 9.09. The van der Waals surface area contributed by atoms with E-state index in [0.29, 0.717) is 17.8 Å². The number of amides is 2. The molecule has 1 aromatic rings. The maximum atomic E-state index is 11.9. The molecule has 0 bridgehead atoms. The predicted octanol–water partition coefficient (Wildman–Crippen LogP) is 5.23. The molecule has 0 aromatic heterocycles. The quantitative estimate of drug-likeness (QED) is 0.360. The summed E-state index contributed by atoms with van der Waals surface area (Å²) in [4.78, 5) is 22.7. The van der Waals surface area contributed by atoms with Gasteiger partial charge >= 0.3 is 6.09 Å². The summed E-state index contributed by atoms with van der Waals surface area (Å²) in [5, 5.41) is 14.9. The van der Waals surface area contributed by atoms with Crippen LogP contribution in [-0.2, 0) is 4.79 Å². The van der Waals surface area contributed by atoms with Gasteiger partial charge in [0.2, 0.25) is 5.91 Å². The van der Waals surface area contributed by atoms with Gasteiger partial charge in [-0.2, -0.15) is 0 Å². The van der Waals surface area contributed by atoms with Gasteiger partial charge in [0, 0.05) is 11.8 Å². The SMILES string of the molecule is O=C(O)Nc1ccccc1NC(=O)CCCCCCCCCBr. The van der Waals surface area contributed by atoms with E-state index in [1.54, 1.807) is 24.3 Å². The van der Waals surface area contributed by atoms with Crippen LogP contribution in [0.4, 0.5) is 16.2 Å². The van der Waals surface area contributed by atoms with Crippen LogP contribution < -0.4 is 10.6 Å². The van der Waals surface area contributed by atoms with Crippen molar-refractivity contribution in [2.45, 2.75) is 51.4 Å². The summed E-state index contributed by atoms with van der Waals surface area (Å²) in [7, 11) is 0. The van der Waals surface area contributed by atoms with Crippen LogP contribution in [0, 0.1) is 0 Å². The van der Waals surface area contributed by atoms with E-state index in [-0.39, 0.29) is 5.91 Å². The molecule has 3 N–H and O–H groups in total. The van der Waals surface area contributed by atoms with Gasteiger partial charge in [-0.05, 0) is 25.0 Å². The zero-order valence-electron chi connectivity index (χ0n) is 13.3. The Morgan fingerprint density at radius 1 is 0.870 bits per heavy atom. The molecule has 1 rings (SSSR count). The van der Waals surface area contributed by atoms with Crippen molar-refractivity contribution in [1.82, 2.24) is 0 Å². The molecule has 0 saturated carbocycles. The Balaban J connectivity index is 2.23. The fourth-order valence-electron chi connectivity index (χ4n) is 2.29. The monoisotopic (exact) mass is 384 g/mol. The van der Waals surface area contributed by atoms with Gasteiger partial charge in [0.05, 0.1) is 11.4 Å². The molecule has 0 heterocycles. The van der Waals surface area contributed by atoms with E-state index in [4.69, 9.17) is 5.11 Å². The second-order valence-corrected chi connectivity index (χ2v) is 6.23. The van der Waals surface area contributed by atoms with E-state index >= 15 is 0 Å². The van der Waals surface area contributed by atoms with Gasteiger partial charge < -0.3 is 10.4 Å². The van der Waals surface area contributed by atoms with E-state index in [9.17, 15) is 9.59 Å². The maximum absolute atomic E-state index is 11.9. The number of benzene rings is 1. The third kappa shape index (κ3) is 9.23. The number of carboxylic acid groups (broad SMARTS) is 1. The Morgan fingerprint density at radius 3 is 1.96 bits per heavy atom. The number of nitrogens with one attached hydrogen (secondary N) is 2. The Bertz CT molecular complexity index is 494. The first-order valence-electron chi connectivity index (χ1n) is 8.08. The van der Waals surface area contributed by atoms with Crippen molar-refractivity contribution < 1.29 is 14.7 Å². The Hall–Kier alpha value is -1.56. The minimum atomic E-state index is -1.15. The summed E-state index contributed by atoms with van der Waals surface area (Å²) in [5.74, 6) is -0.0797. The van der Waals surface area contributed by atoms with Crippen molar-refractivity contribution in [2.24, 2.45) is 0 Å². The molecule has 0 aliphatic rings. The fourth-order valence-corrected chi connectivity index (χ4v) is 2.69. The standard InChI is InChI=1S/C17H25BrN2O3/c18-13-9-5-3-1-2-4-6-12-16(21)19-14-10-7-8-11-15(14)20-17(22)23/h7-8,10-11,20H,1-6,9,12-13H2,(H,19,21)(H,22,23). The number of halogens is 1. The average Bonchev–Trinajstić information content (AvgIpc) is 2.51. The lowest BCUT2D eigenvalue weighted by Gasteiger charge is -2.10. The first-order chi connectivity index (χ1) is 11.1. The van der Waals surface area contributed by atoms with Crippen LogP contribution in [-0.4, -0.2) is 22.4 Å². The van der Waals surface area contributed by atoms with Gasteiger partial charge in [0.15, 0.2) is 0 Å². The first-order valence-corrected chi connectivity index (χ1v) is 9.20. The molecule has 0 aliphatic heterocycles. The summed E-state index contributed by atoms with van der Waals surface area (Å²) < 4.78 is 0. The van der Waals surface area contributed by atoms with E-state index in [0.717, 1.165) is 24.6 Å². The molecule has 128 valence electrons. The Labute approximate surface area is 146 Å². The molecule has 0 saturated heterocycles. The van der Waals surface area contributed by atoms with Crippen LogP contribution in [0.25, 0.3) is 0 Å². The van der Waals surface area contributed by atoms with E-state index in [2.05, 4.69) is 26.6 Å². The van der Waals surface area contributed by atoms with Crippen LogP contribution in [0.15, 0.2) is 24.3 Å². The number of hydrogen-bond donors (Lipinski definition) is 3. The highest BCUT2D eigenvalue weighted by Gasteiger charge is 2.08. The zero-order valence-corrected chi connectivity index (χ0v) is 14.9. The van der Waals surface area contributed by atoms with E-state index < -0.39 is 6.09 Å². The molecule has 0 radical (unpaired) electrons. The molecule has 23 heavy (non-hydrogen) atoms. The number of rotatable bonds is 11. The molecule has 0 spiro atoms. The number of unbranched alkanes of at least 4 members (excludes halogenated alkanes) is 6. The Morgan fingerprint density at radius 2 is 1.39 bits per heavy atom. The number of anilines is 2. The second kappa shape index (κ2) is 11.9. The van der Waals surface area contributed by atoms with Crippen molar-refractivity contribution >= 4 is 39.3 Å². The summed E-state index contributed by atoms with van der Waals surface area (Å²) in [6.07, 6.45) is 7.36. The van der Waals surface area contributed by atoms with Gasteiger partial charge in [0.25, 0.3) is 0 Å². The second-order valence-electron chi connectivity index (χ2n) is 5.44. The lowest BCUT2D eigenvalue weighted by atomic mass is 10.1. The van der Waals surface area contributed by atoms with Gasteiger partial charge in [-0.15, -0.1) is 0 Å². The number of para-hydroxylation sites is 2. The Kier molecular flexibility index (Phi) is 10.1. The molecular formula is C17H25BrN2O3. The molecule has 0 atom stereocenters. The van der Waals surface area contributed by atoms with Gasteiger partial charge in [-0.3, -0.25) is 10.1 Å². The topological polar surface area (TPSA) is 78.4 Å². The molecule has 5 nitrogen and oxygen atoms in total. The number of alkyl halides is 1. The first kappa shape index (κ1) is 19.5. The van der Waals surface area contributed by atoms with Crippen LogP contribution in [0.2, 0.25) is 0 Å². The number of carbonyl (C=O) groups excluding carboxylic acids is 1. The lowest BCUT2D eigenvalue weighted by molar-refractivity contribution is -0.116. The van der Waals surface area contributed by atoms with Crippen LogP contribution in [0.1, 0.15) is 51.4 Å². The summed E-state index contributed by atoms with van der Waals surface area (Å²) in [5.41, 5.74) is 0.884. The smallest absolute Gasteiger partial charge is 0.409 e. The van der Waals surface area contributed by atoms with Crippen molar-refractivity contribution in [2.75, 3.05) is 16.0 Å². The highest BCUT2D eigenvalue weighted by Crippen LogP contribution is 2.21. The maximum Gasteiger partial charge on any atom is 0.409 e. The predicted molar refractivity (Wildman–Crippen MR) is 97.4 cm³/mol. The van der Waals surface area contributed by atoms with Crippen molar-refractivity contribution in [3.05, 3.63) is 24.3 Å². The van der Waals surface area contributed by atoms with Gasteiger partial charge in [-0.25, -0.2) is 4.79 Å². The van der Waals surface area contributed by atoms with Crippen LogP contribution in [0.5, 0.6) is 0 Å². The normalized spacial score (nSPS) is 10.3. The minimum absolute atomic E-state index is 0.0797. The minimum Gasteiger partial charge on any atom is -0.465 e. The molecule has 0 fully saturated rings. The highest BCUT2D eigenvalue weighted by atomic mass is 79.9. The van der Waals surface area contributed by atoms with Crippen LogP contribution in [0.3, 0.4) is 0 Å². The number of carbonyl (C=O) groups is 2. The summed E-state index contributed by atoms with van der Waals surface area (Å²) in [6.45, 7) is 0. The molecule has 1 aromatic carbocycles. The van der Waals surface area contributed by atoms with E-state index in [1.807, 2.05) is 0 Å². The van der Waals surface area contributed by atoms with Crippen LogP contribution >= 0.6 is 15.9 Å². The van der Waals surface area contributed by atoms with Crippen molar-refractivity contribution in [1.29, 1.82) is 0 Å². The van der Waals surface area contributed by atoms with Crippen molar-refractivity contribution in [3.8, 4) is 0 Å². The van der Waals surface area contributed by atoms with E-state index in [1.165, 1.54) is 25.7 Å². The third-order valence-electron chi connectivity index (χ3n) is 3.48. The molecular weight excluding hydrogens is 360 g/mol. The molecule has 0 aliphatic carbocycles. The van der Waals surface area contributed by atoms with Gasteiger partial charge in [-0.1, -0.05) is 60.2 Å². The van der Waals surface area contributed by atoms with Gasteiger partial charge in [0.1, 0.15) is 0 Å². The average molecular weight is 385 g/mol. The molecule has 0 unspecified atom stereocenters. The lowest BCUT2D eigenvalue weighted by Crippen LogP contribution is -2.15. The molecule has 6 heteroatoms. The number of hydrogen-bond acceptors (Lipinski definition) is 2. The van der Waals surface area contributed by atoms with Crippen molar-refractivity contribution in [3.63, 3.8) is 0 Å². The fraction of sp³-hybridized carbons (Fsp3) is 0.529.